The fourth-order valence-electron chi connectivity index (χ4n) is 4.63. The maximum Gasteiger partial charge on any atom is 0.330 e. The van der Waals surface area contributed by atoms with E-state index in [1.807, 2.05) is 42.1 Å². The molecule has 1 aliphatic rings. The Labute approximate surface area is 184 Å². The van der Waals surface area contributed by atoms with E-state index >= 15 is 0 Å². The zero-order valence-corrected chi connectivity index (χ0v) is 18.5. The van der Waals surface area contributed by atoms with E-state index in [4.69, 9.17) is 9.72 Å². The van der Waals surface area contributed by atoms with Gasteiger partial charge in [-0.05, 0) is 37.8 Å². The molecule has 5 heteroatoms. The van der Waals surface area contributed by atoms with Crippen LogP contribution in [0.5, 0.6) is 0 Å². The molecule has 1 aliphatic carbocycles. The lowest BCUT2D eigenvalue weighted by molar-refractivity contribution is -0.137. The van der Waals surface area contributed by atoms with E-state index < -0.39 is 0 Å². The highest BCUT2D eigenvalue weighted by atomic mass is 16.5. The topological polar surface area (TPSA) is 57.0 Å². The number of hydrogen-bond acceptors (Lipinski definition) is 4. The number of carbonyl (C=O) groups is 1. The number of pyridine rings is 1. The van der Waals surface area contributed by atoms with Crippen LogP contribution in [0.4, 0.5) is 0 Å². The smallest absolute Gasteiger partial charge is 0.330 e. The Kier molecular flexibility index (Phi) is 6.80. The molecule has 1 fully saturated rings. The third-order valence-electron chi connectivity index (χ3n) is 6.17. The summed E-state index contributed by atoms with van der Waals surface area (Å²) >= 11 is 0. The predicted molar refractivity (Wildman–Crippen MR) is 125 cm³/mol. The molecule has 4 rings (SSSR count). The van der Waals surface area contributed by atoms with Gasteiger partial charge in [-0.2, -0.15) is 5.10 Å². The maximum atomic E-state index is 12.1. The minimum atomic E-state index is -0.325. The minimum Gasteiger partial charge on any atom is -0.463 e. The number of ether oxygens (including phenoxy) is 1. The number of nitrogens with zero attached hydrogens (tertiary/aromatic N) is 3. The van der Waals surface area contributed by atoms with Crippen LogP contribution in [0.25, 0.3) is 28.4 Å². The Hall–Kier alpha value is -2.95. The van der Waals surface area contributed by atoms with E-state index in [-0.39, 0.29) is 5.97 Å². The van der Waals surface area contributed by atoms with Crippen molar-refractivity contribution < 1.29 is 9.53 Å². The molecule has 0 bridgehead atoms. The molecule has 2 aromatic heterocycles. The molecule has 2 heterocycles. The second kappa shape index (κ2) is 9.90. The summed E-state index contributed by atoms with van der Waals surface area (Å²) < 4.78 is 7.11. The molecule has 5 nitrogen and oxygen atoms in total. The maximum absolute atomic E-state index is 12.1. The zero-order valence-electron chi connectivity index (χ0n) is 18.5. The SMILES string of the molecule is CCOC(=O)C=Cc1c(-c2ccccc2)nc2c(cnn2CC)c1CC1CCCCC1. The fourth-order valence-corrected chi connectivity index (χ4v) is 4.63. The van der Waals surface area contributed by atoms with E-state index in [0.29, 0.717) is 12.5 Å². The number of esters is 1. The Morgan fingerprint density at radius 2 is 1.94 bits per heavy atom. The third-order valence-corrected chi connectivity index (χ3v) is 6.17. The van der Waals surface area contributed by atoms with Crippen molar-refractivity contribution >= 4 is 23.1 Å². The Balaban J connectivity index is 1.91. The molecular formula is C26H31N3O2. The highest BCUT2D eigenvalue weighted by molar-refractivity contribution is 5.93. The van der Waals surface area contributed by atoms with Crippen LogP contribution in [0.15, 0.2) is 42.6 Å². The Morgan fingerprint density at radius 3 is 2.65 bits per heavy atom. The quantitative estimate of drug-likeness (QED) is 0.359. The fraction of sp³-hybridized carbons (Fsp3) is 0.423. The number of benzene rings is 1. The first kappa shape index (κ1) is 21.3. The molecule has 0 spiro atoms. The first-order valence-electron chi connectivity index (χ1n) is 11.5. The van der Waals surface area contributed by atoms with Crippen LogP contribution in [0.3, 0.4) is 0 Å². The van der Waals surface area contributed by atoms with Gasteiger partial charge in [-0.15, -0.1) is 0 Å². The zero-order chi connectivity index (χ0) is 21.6. The molecule has 0 unspecified atom stereocenters. The number of fused-ring (bicyclic) bond motifs is 1. The monoisotopic (exact) mass is 417 g/mol. The normalized spacial score (nSPS) is 15.0. The van der Waals surface area contributed by atoms with Crippen molar-refractivity contribution in [2.75, 3.05) is 6.61 Å². The van der Waals surface area contributed by atoms with Crippen LogP contribution in [0.1, 0.15) is 57.1 Å². The number of hydrogen-bond donors (Lipinski definition) is 0. The number of aryl methyl sites for hydroxylation is 1. The Morgan fingerprint density at radius 1 is 1.16 bits per heavy atom. The molecule has 1 saturated carbocycles. The molecule has 3 aromatic rings. The Bertz CT molecular complexity index is 1060. The molecule has 1 aromatic carbocycles. The van der Waals surface area contributed by atoms with Crippen molar-refractivity contribution in [2.24, 2.45) is 5.92 Å². The highest BCUT2D eigenvalue weighted by Crippen LogP contribution is 2.35. The molecule has 31 heavy (non-hydrogen) atoms. The summed E-state index contributed by atoms with van der Waals surface area (Å²) in [5.41, 5.74) is 5.11. The van der Waals surface area contributed by atoms with Gasteiger partial charge in [0, 0.05) is 29.1 Å². The van der Waals surface area contributed by atoms with Gasteiger partial charge < -0.3 is 4.74 Å². The van der Waals surface area contributed by atoms with Gasteiger partial charge in [-0.1, -0.05) is 62.4 Å². The molecule has 0 N–H and O–H groups in total. The average Bonchev–Trinajstić information content (AvgIpc) is 3.22. The number of rotatable bonds is 7. The average molecular weight is 418 g/mol. The summed E-state index contributed by atoms with van der Waals surface area (Å²) in [4.78, 5) is 17.2. The van der Waals surface area contributed by atoms with Crippen LogP contribution in [0.2, 0.25) is 0 Å². The van der Waals surface area contributed by atoms with E-state index in [9.17, 15) is 4.79 Å². The predicted octanol–water partition coefficient (Wildman–Crippen LogP) is 5.82. The van der Waals surface area contributed by atoms with Gasteiger partial charge in [0.2, 0.25) is 0 Å². The van der Waals surface area contributed by atoms with Crippen molar-refractivity contribution in [3.63, 3.8) is 0 Å². The van der Waals surface area contributed by atoms with Gasteiger partial charge in [-0.25, -0.2) is 14.5 Å². The summed E-state index contributed by atoms with van der Waals surface area (Å²) in [5, 5.41) is 5.70. The summed E-state index contributed by atoms with van der Waals surface area (Å²) in [6.07, 6.45) is 12.8. The molecular weight excluding hydrogens is 386 g/mol. The van der Waals surface area contributed by atoms with Gasteiger partial charge in [0.15, 0.2) is 5.65 Å². The van der Waals surface area contributed by atoms with E-state index in [1.54, 1.807) is 0 Å². The van der Waals surface area contributed by atoms with Crippen LogP contribution in [-0.2, 0) is 22.5 Å². The first-order chi connectivity index (χ1) is 15.2. The molecule has 0 atom stereocenters. The molecule has 0 saturated heterocycles. The molecule has 0 amide bonds. The van der Waals surface area contributed by atoms with Crippen molar-refractivity contribution in [3.05, 3.63) is 53.7 Å². The lowest BCUT2D eigenvalue weighted by atomic mass is 9.82. The summed E-state index contributed by atoms with van der Waals surface area (Å²) in [6, 6.07) is 10.2. The largest absolute Gasteiger partial charge is 0.463 e. The number of carbonyl (C=O) groups excluding carboxylic acids is 1. The number of aromatic nitrogens is 3. The first-order valence-corrected chi connectivity index (χ1v) is 11.5. The molecule has 0 radical (unpaired) electrons. The van der Waals surface area contributed by atoms with Crippen LogP contribution in [-0.4, -0.2) is 27.3 Å². The molecule has 0 aliphatic heterocycles. The van der Waals surface area contributed by atoms with Crippen molar-refractivity contribution in [2.45, 2.75) is 58.9 Å². The third kappa shape index (κ3) is 4.71. The second-order valence-electron chi connectivity index (χ2n) is 8.21. The standard InChI is InChI=1S/C26H31N3O2/c1-3-29-26-23(18-27-29)22(17-19-11-7-5-8-12-19)21(15-16-24(30)31-4-2)25(28-26)20-13-9-6-10-14-20/h6,9-10,13-16,18-19H,3-5,7-8,11-12,17H2,1-2H3. The highest BCUT2D eigenvalue weighted by Gasteiger charge is 2.22. The summed E-state index contributed by atoms with van der Waals surface area (Å²) in [5.74, 6) is 0.331. The van der Waals surface area contributed by atoms with Gasteiger partial charge in [0.05, 0.1) is 18.5 Å². The molecule has 162 valence electrons. The van der Waals surface area contributed by atoms with Crippen molar-refractivity contribution in [1.82, 2.24) is 14.8 Å². The van der Waals surface area contributed by atoms with E-state index in [2.05, 4.69) is 24.2 Å². The van der Waals surface area contributed by atoms with Gasteiger partial charge in [-0.3, -0.25) is 0 Å². The van der Waals surface area contributed by atoms with Gasteiger partial charge in [0.25, 0.3) is 0 Å². The lowest BCUT2D eigenvalue weighted by Gasteiger charge is -2.23. The lowest BCUT2D eigenvalue weighted by Crippen LogP contribution is -2.12. The van der Waals surface area contributed by atoms with Gasteiger partial charge in [0.1, 0.15) is 0 Å². The van der Waals surface area contributed by atoms with E-state index in [1.165, 1.54) is 43.7 Å². The second-order valence-corrected chi connectivity index (χ2v) is 8.21. The van der Waals surface area contributed by atoms with Crippen LogP contribution >= 0.6 is 0 Å². The van der Waals surface area contributed by atoms with Crippen LogP contribution < -0.4 is 0 Å². The van der Waals surface area contributed by atoms with Crippen molar-refractivity contribution in [1.29, 1.82) is 0 Å². The van der Waals surface area contributed by atoms with Crippen LogP contribution in [0, 0.1) is 5.92 Å². The summed E-state index contributed by atoms with van der Waals surface area (Å²) in [7, 11) is 0. The minimum absolute atomic E-state index is 0.325. The van der Waals surface area contributed by atoms with E-state index in [0.717, 1.165) is 40.8 Å². The summed E-state index contributed by atoms with van der Waals surface area (Å²) in [6.45, 7) is 5.05. The van der Waals surface area contributed by atoms with Crippen molar-refractivity contribution in [3.8, 4) is 11.3 Å². The van der Waals surface area contributed by atoms with Gasteiger partial charge >= 0.3 is 5.97 Å².